The summed E-state index contributed by atoms with van der Waals surface area (Å²) < 4.78 is 12.8. The Kier molecular flexibility index (Phi) is 8.06. The minimum atomic E-state index is -0.719. The highest BCUT2D eigenvalue weighted by Crippen LogP contribution is 2.39. The zero-order valence-electron chi connectivity index (χ0n) is 17.2. The molecular weight excluding hydrogens is 359 g/mol. The maximum atomic E-state index is 12.8. The van der Waals surface area contributed by atoms with E-state index >= 15 is 0 Å². The first kappa shape index (κ1) is 21.3. The van der Waals surface area contributed by atoms with Gasteiger partial charge in [0, 0.05) is 0 Å². The minimum Gasteiger partial charge on any atom is -0.195 e. The van der Waals surface area contributed by atoms with Crippen molar-refractivity contribution in [1.82, 2.24) is 0 Å². The fraction of sp³-hybridized carbons (Fsp3) is 0.538. The lowest BCUT2D eigenvalue weighted by Crippen LogP contribution is -2.17. The Morgan fingerprint density at radius 2 is 1.48 bits per heavy atom. The molecule has 0 atom stereocenters. The predicted octanol–water partition coefficient (Wildman–Crippen LogP) is 7.35. The number of benzene rings is 1. The highest BCUT2D eigenvalue weighted by atomic mass is 19.1. The van der Waals surface area contributed by atoms with Gasteiger partial charge in [0.05, 0.1) is 11.6 Å². The zero-order valence-corrected chi connectivity index (χ0v) is 17.2. The van der Waals surface area contributed by atoms with E-state index in [0.29, 0.717) is 11.8 Å². The van der Waals surface area contributed by atoms with Crippen LogP contribution in [0.4, 0.5) is 4.39 Å². The fourth-order valence-electron chi connectivity index (χ4n) is 5.09. The quantitative estimate of drug-likeness (QED) is 0.376. The highest BCUT2D eigenvalue weighted by molar-refractivity contribution is 5.33. The molecule has 3 rings (SSSR count). The standard InChI is InChI=1S/C26H31FN2/c27-26(19-29)3-1-2-20-4-6-21(7-5-20)8-9-22-10-14-24(15-11-22)25-16-12-23(18-28)13-17-25/h1-3,12-13,16-17,20-22,24H,4-11,14-15H2/b2-1+,26-3-. The van der Waals surface area contributed by atoms with Crippen LogP contribution in [-0.2, 0) is 0 Å². The van der Waals surface area contributed by atoms with E-state index in [-0.39, 0.29) is 0 Å². The topological polar surface area (TPSA) is 47.6 Å². The van der Waals surface area contributed by atoms with E-state index < -0.39 is 5.83 Å². The van der Waals surface area contributed by atoms with Crippen LogP contribution in [-0.4, -0.2) is 0 Å². The SMILES string of the molecule is N#C/C(F)=C/C=C/C1CCC(CCC2CCC(c3ccc(C#N)cc3)CC2)CC1. The van der Waals surface area contributed by atoms with Gasteiger partial charge in [0.15, 0.2) is 5.83 Å². The normalized spacial score (nSPS) is 28.0. The smallest absolute Gasteiger partial charge is 0.195 e. The van der Waals surface area contributed by atoms with Crippen LogP contribution in [0, 0.1) is 40.4 Å². The molecule has 2 saturated carbocycles. The van der Waals surface area contributed by atoms with Gasteiger partial charge in [0.25, 0.3) is 0 Å². The van der Waals surface area contributed by atoms with Crippen molar-refractivity contribution in [2.75, 3.05) is 0 Å². The predicted molar refractivity (Wildman–Crippen MR) is 114 cm³/mol. The van der Waals surface area contributed by atoms with Crippen molar-refractivity contribution in [3.05, 3.63) is 59.4 Å². The molecule has 29 heavy (non-hydrogen) atoms. The summed E-state index contributed by atoms with van der Waals surface area (Å²) in [7, 11) is 0. The summed E-state index contributed by atoms with van der Waals surface area (Å²) in [6.07, 6.45) is 17.9. The van der Waals surface area contributed by atoms with E-state index in [2.05, 4.69) is 24.3 Å². The molecule has 1 aromatic carbocycles. The van der Waals surface area contributed by atoms with Crippen molar-refractivity contribution in [2.24, 2.45) is 17.8 Å². The number of nitriles is 2. The Morgan fingerprint density at radius 1 is 0.897 bits per heavy atom. The number of rotatable bonds is 6. The molecule has 2 aliphatic rings. The third-order valence-electron chi connectivity index (χ3n) is 6.97. The number of allylic oxidation sites excluding steroid dienone is 4. The molecule has 0 aliphatic heterocycles. The lowest BCUT2D eigenvalue weighted by atomic mass is 9.74. The van der Waals surface area contributed by atoms with Crippen molar-refractivity contribution < 1.29 is 4.39 Å². The van der Waals surface area contributed by atoms with Crippen LogP contribution in [0.15, 0.2) is 48.3 Å². The fourth-order valence-corrected chi connectivity index (χ4v) is 5.09. The van der Waals surface area contributed by atoms with Crippen LogP contribution in [0.5, 0.6) is 0 Å². The molecule has 0 spiro atoms. The zero-order chi connectivity index (χ0) is 20.5. The van der Waals surface area contributed by atoms with Gasteiger partial charge in [0.2, 0.25) is 0 Å². The van der Waals surface area contributed by atoms with Gasteiger partial charge in [-0.3, -0.25) is 0 Å². The first-order valence-corrected chi connectivity index (χ1v) is 11.1. The summed E-state index contributed by atoms with van der Waals surface area (Å²) in [6, 6.07) is 11.9. The van der Waals surface area contributed by atoms with E-state index in [0.717, 1.165) is 17.4 Å². The molecule has 0 radical (unpaired) electrons. The summed E-state index contributed by atoms with van der Waals surface area (Å²) in [5.74, 6) is 2.21. The Hall–Kier alpha value is -2.39. The number of hydrogen-bond acceptors (Lipinski definition) is 2. The summed E-state index contributed by atoms with van der Waals surface area (Å²) in [5.41, 5.74) is 2.15. The summed E-state index contributed by atoms with van der Waals surface area (Å²) in [6.45, 7) is 0. The second-order valence-electron chi connectivity index (χ2n) is 8.82. The third-order valence-corrected chi connectivity index (χ3v) is 6.97. The maximum absolute atomic E-state index is 12.8. The molecule has 0 amide bonds. The van der Waals surface area contributed by atoms with Crippen LogP contribution in [0.1, 0.15) is 81.3 Å². The van der Waals surface area contributed by atoms with Crippen LogP contribution in [0.2, 0.25) is 0 Å². The van der Waals surface area contributed by atoms with Crippen molar-refractivity contribution in [1.29, 1.82) is 10.5 Å². The lowest BCUT2D eigenvalue weighted by molar-refractivity contribution is 0.246. The van der Waals surface area contributed by atoms with E-state index in [9.17, 15) is 4.39 Å². The van der Waals surface area contributed by atoms with Gasteiger partial charge in [-0.15, -0.1) is 0 Å². The van der Waals surface area contributed by atoms with Gasteiger partial charge < -0.3 is 0 Å². The van der Waals surface area contributed by atoms with E-state index in [4.69, 9.17) is 10.5 Å². The van der Waals surface area contributed by atoms with Crippen LogP contribution < -0.4 is 0 Å². The van der Waals surface area contributed by atoms with Crippen LogP contribution >= 0.6 is 0 Å². The largest absolute Gasteiger partial charge is 0.199 e. The minimum absolute atomic E-state index is 0.539. The third kappa shape index (κ3) is 6.57. The van der Waals surface area contributed by atoms with Crippen molar-refractivity contribution >= 4 is 0 Å². The highest BCUT2D eigenvalue weighted by Gasteiger charge is 2.24. The second-order valence-corrected chi connectivity index (χ2v) is 8.82. The van der Waals surface area contributed by atoms with Crippen LogP contribution in [0.25, 0.3) is 0 Å². The molecule has 0 N–H and O–H groups in total. The summed E-state index contributed by atoms with van der Waals surface area (Å²) >= 11 is 0. The first-order valence-electron chi connectivity index (χ1n) is 11.1. The Balaban J connectivity index is 1.34. The monoisotopic (exact) mass is 390 g/mol. The lowest BCUT2D eigenvalue weighted by Gasteiger charge is -2.31. The molecule has 2 aliphatic carbocycles. The average molecular weight is 391 g/mol. The number of hydrogen-bond donors (Lipinski definition) is 0. The van der Waals surface area contributed by atoms with Gasteiger partial charge >= 0.3 is 0 Å². The molecule has 2 fully saturated rings. The molecule has 0 aromatic heterocycles. The van der Waals surface area contributed by atoms with Crippen molar-refractivity contribution in [3.8, 4) is 12.1 Å². The molecule has 0 unspecified atom stereocenters. The molecule has 0 heterocycles. The molecule has 3 heteroatoms. The van der Waals surface area contributed by atoms with Gasteiger partial charge in [-0.1, -0.05) is 37.1 Å². The Labute approximate surface area is 174 Å². The number of nitrogens with zero attached hydrogens (tertiary/aromatic N) is 2. The number of halogens is 1. The molecule has 2 nitrogen and oxygen atoms in total. The first-order chi connectivity index (χ1) is 14.2. The van der Waals surface area contributed by atoms with Gasteiger partial charge in [-0.05, 0) is 98.8 Å². The molecule has 152 valence electrons. The van der Waals surface area contributed by atoms with Gasteiger partial charge in [0.1, 0.15) is 6.07 Å². The Bertz CT molecular complexity index is 777. The van der Waals surface area contributed by atoms with E-state index in [1.807, 2.05) is 12.1 Å². The maximum Gasteiger partial charge on any atom is 0.199 e. The summed E-state index contributed by atoms with van der Waals surface area (Å²) in [5, 5.41) is 17.4. The molecular formula is C26H31FN2. The molecule has 0 saturated heterocycles. The Morgan fingerprint density at radius 3 is 2.03 bits per heavy atom. The van der Waals surface area contributed by atoms with Gasteiger partial charge in [-0.2, -0.15) is 14.9 Å². The second kappa shape index (κ2) is 11.0. The van der Waals surface area contributed by atoms with E-state index in [1.54, 1.807) is 6.08 Å². The van der Waals surface area contributed by atoms with Gasteiger partial charge in [-0.25, -0.2) is 0 Å². The molecule has 1 aromatic rings. The summed E-state index contributed by atoms with van der Waals surface area (Å²) in [4.78, 5) is 0. The van der Waals surface area contributed by atoms with Crippen LogP contribution in [0.3, 0.4) is 0 Å². The van der Waals surface area contributed by atoms with Crippen molar-refractivity contribution in [2.45, 2.75) is 70.1 Å². The van der Waals surface area contributed by atoms with E-state index in [1.165, 1.54) is 81.9 Å². The average Bonchev–Trinajstić information content (AvgIpc) is 2.79. The molecule has 0 bridgehead atoms. The van der Waals surface area contributed by atoms with Crippen molar-refractivity contribution in [3.63, 3.8) is 0 Å².